The number of likely N-dealkylation sites (tertiary alicyclic amines) is 1. The fourth-order valence-electron chi connectivity index (χ4n) is 9.13. The van der Waals surface area contributed by atoms with E-state index >= 15 is 0 Å². The molecule has 1 aromatic rings. The molecule has 17 N–H and O–H groups in total. The lowest BCUT2D eigenvalue weighted by Gasteiger charge is -2.33. The van der Waals surface area contributed by atoms with Crippen LogP contribution in [0.15, 0.2) is 24.3 Å². The van der Waals surface area contributed by atoms with Crippen molar-refractivity contribution >= 4 is 105 Å². The number of Topliss-reactive ketones (excluding diaryl/α,β-unsaturated/α-hetero) is 1. The number of primary amides is 1. The van der Waals surface area contributed by atoms with E-state index in [1.165, 1.54) is 49.3 Å². The molecule has 2 rings (SSSR count). The molecule has 1 heterocycles. The lowest BCUT2D eigenvalue weighted by Crippen LogP contribution is -2.61. The zero-order valence-electron chi connectivity index (χ0n) is 51.5. The largest absolute Gasteiger partial charge is 0.508 e. The third-order valence-corrected chi connectivity index (χ3v) is 14.8. The topological polar surface area (TPSA) is 541 Å². The molecule has 1 aromatic carbocycles. The van der Waals surface area contributed by atoms with Crippen LogP contribution in [0.3, 0.4) is 0 Å². The summed E-state index contributed by atoms with van der Waals surface area (Å²) in [4.78, 5) is 210. The van der Waals surface area contributed by atoms with Crippen LogP contribution in [-0.2, 0) is 93.9 Å². The summed E-state index contributed by atoms with van der Waals surface area (Å²) in [7, 11) is -1.61. The van der Waals surface area contributed by atoms with Crippen molar-refractivity contribution in [1.29, 1.82) is 0 Å². The molecule has 1 saturated heterocycles. The van der Waals surface area contributed by atoms with Crippen molar-refractivity contribution in [3.63, 3.8) is 0 Å². The maximum atomic E-state index is 14.4. The van der Waals surface area contributed by atoms with Gasteiger partial charge in [0, 0.05) is 55.5 Å². The van der Waals surface area contributed by atoms with E-state index in [2.05, 4.69) is 53.2 Å². The Morgan fingerprint density at radius 3 is 1.60 bits per heavy atom. The predicted molar refractivity (Wildman–Crippen MR) is 318 cm³/mol. The summed E-state index contributed by atoms with van der Waals surface area (Å²) in [5, 5.41) is 70.7. The molecule has 1 aliphatic heterocycles. The standard InChI is InChI=1S/C56H84N12O22S/c1-8-10-32(61-53(86)39-11-9-21-68(39)56(89)45(28(4)5)67-54(87)44(27(2)3)66-50(83)34(17-19-42(75)76)62-48(81)33(59-29(6)70)16-18-41(73)74)46(79)55(88)58-25-40(72)60-35(20-22-91(7)90)49(82)64-37(24-43(77)78)52(85)63-36(23-30-12-14-31(71)15-13-30)51(84)65-38(26-69)47(57)80/h12-15,27-28,32-39,44-45,69,71H,8-11,16-26H2,1-7H3,(H2,57,80)(H,58,88)(H,59,70)(H,60,72)(H,61,86)(H,62,81)(H,63,85)(H,64,82)(H,65,84)(H,66,83)(H,67,87)(H,73,74)(H,75,76)(H,77,78)/t32-,33+,34+,35-,36-,37-,38-,39-,44+,45+,91?/m1/s1. The zero-order valence-corrected chi connectivity index (χ0v) is 52.3. The molecule has 11 atom stereocenters. The number of amides is 12. The molecule has 12 amide bonds. The Hall–Kier alpha value is -9.15. The highest BCUT2D eigenvalue weighted by Gasteiger charge is 2.42. The van der Waals surface area contributed by atoms with Crippen LogP contribution in [0, 0.1) is 11.8 Å². The molecule has 0 saturated carbocycles. The maximum Gasteiger partial charge on any atom is 0.305 e. The third kappa shape index (κ3) is 27.2. The van der Waals surface area contributed by atoms with Crippen LogP contribution < -0.4 is 58.9 Å². The van der Waals surface area contributed by atoms with Crippen LogP contribution in [0.25, 0.3) is 0 Å². The number of ketones is 1. The highest BCUT2D eigenvalue weighted by molar-refractivity contribution is 7.84. The van der Waals surface area contributed by atoms with Gasteiger partial charge in [-0.15, -0.1) is 0 Å². The van der Waals surface area contributed by atoms with Crippen molar-refractivity contribution in [3.8, 4) is 5.75 Å². The number of rotatable bonds is 40. The molecule has 1 aliphatic rings. The summed E-state index contributed by atoms with van der Waals surface area (Å²) in [6, 6.07) is -10.2. The summed E-state index contributed by atoms with van der Waals surface area (Å²) >= 11 is 0. The smallest absolute Gasteiger partial charge is 0.305 e. The lowest BCUT2D eigenvalue weighted by atomic mass is 9.98. The van der Waals surface area contributed by atoms with Crippen LogP contribution in [0.2, 0.25) is 0 Å². The molecular formula is C56H84N12O22S. The number of phenols is 1. The number of hydrogen-bond acceptors (Lipinski definition) is 19. The van der Waals surface area contributed by atoms with E-state index < -0.39 is 223 Å². The van der Waals surface area contributed by atoms with Crippen molar-refractivity contribution in [2.45, 2.75) is 173 Å². The van der Waals surface area contributed by atoms with E-state index in [0.717, 1.165) is 6.92 Å². The zero-order chi connectivity index (χ0) is 69.0. The first-order valence-electron chi connectivity index (χ1n) is 29.1. The number of benzene rings is 1. The second-order valence-electron chi connectivity index (χ2n) is 22.1. The van der Waals surface area contributed by atoms with Gasteiger partial charge in [-0.25, -0.2) is 0 Å². The van der Waals surface area contributed by atoms with Gasteiger partial charge < -0.3 is 89.3 Å². The monoisotopic (exact) mass is 1310 g/mol. The highest BCUT2D eigenvalue weighted by atomic mass is 32.2. The van der Waals surface area contributed by atoms with E-state index in [0.29, 0.717) is 5.56 Å². The predicted octanol–water partition coefficient (Wildman–Crippen LogP) is -5.44. The van der Waals surface area contributed by atoms with Gasteiger partial charge in [-0.05, 0) is 68.1 Å². The fourth-order valence-corrected chi connectivity index (χ4v) is 9.70. The van der Waals surface area contributed by atoms with Crippen LogP contribution in [0.5, 0.6) is 5.75 Å². The van der Waals surface area contributed by atoms with E-state index in [4.69, 9.17) is 10.8 Å². The number of carbonyl (C=O) groups is 16. The number of aromatic hydroxyl groups is 1. The summed E-state index contributed by atoms with van der Waals surface area (Å²) in [5.41, 5.74) is 5.57. The Balaban J connectivity index is 2.27. The van der Waals surface area contributed by atoms with Crippen molar-refractivity contribution in [2.24, 2.45) is 17.6 Å². The average Bonchev–Trinajstić information content (AvgIpc) is 1.86. The molecule has 0 aromatic heterocycles. The Bertz CT molecular complexity index is 2860. The number of nitrogens with two attached hydrogens (primary N) is 1. The number of nitrogens with zero attached hydrogens (tertiary/aromatic N) is 1. The van der Waals surface area contributed by atoms with Gasteiger partial charge >= 0.3 is 17.9 Å². The van der Waals surface area contributed by atoms with Crippen LogP contribution >= 0.6 is 0 Å². The minimum absolute atomic E-state index is 0.00668. The number of phenolic OH excluding ortho intramolecular Hbond substituents is 1. The Labute approximate surface area is 525 Å². The first kappa shape index (κ1) is 77.9. The SMILES string of the molecule is CCC[C@@H](NC(=O)[C@H]1CCCN1C(=O)[C@@H](NC(=O)[C@@H](NC(=O)[C@H](CCC(=O)O)NC(=O)[C@H](CCC(=O)O)NC(C)=O)C(C)C)C(C)C)C(=O)C(=O)NCC(=O)N[C@H](CCS(C)=O)C(=O)N[C@H](CC(=O)O)C(=O)N[C@H](Cc1ccc(O)cc1)C(=O)N[C@H](CO)C(N)=O. The second kappa shape index (κ2) is 38.4. The van der Waals surface area contributed by atoms with Gasteiger partial charge in [-0.3, -0.25) is 80.9 Å². The van der Waals surface area contributed by atoms with Crippen LogP contribution in [0.4, 0.5) is 0 Å². The van der Waals surface area contributed by atoms with Crippen LogP contribution in [0.1, 0.15) is 111 Å². The second-order valence-corrected chi connectivity index (χ2v) is 23.7. The van der Waals surface area contributed by atoms with E-state index in [9.17, 15) is 101 Å². The first-order valence-corrected chi connectivity index (χ1v) is 30.8. The molecule has 0 radical (unpaired) electrons. The van der Waals surface area contributed by atoms with Crippen molar-refractivity contribution in [1.82, 2.24) is 58.1 Å². The molecule has 34 nitrogen and oxygen atoms in total. The number of carbonyl (C=O) groups excluding carboxylic acids is 13. The third-order valence-electron chi connectivity index (χ3n) is 14.0. The fraction of sp³-hybridized carbons (Fsp3) is 0.607. The summed E-state index contributed by atoms with van der Waals surface area (Å²) in [5.74, 6) is -19.7. The van der Waals surface area contributed by atoms with E-state index in [-0.39, 0.29) is 56.6 Å². The van der Waals surface area contributed by atoms with Gasteiger partial charge in [0.05, 0.1) is 25.6 Å². The van der Waals surface area contributed by atoms with Crippen molar-refractivity contribution in [3.05, 3.63) is 29.8 Å². The molecule has 0 spiro atoms. The van der Waals surface area contributed by atoms with Gasteiger partial charge in [-0.1, -0.05) is 53.2 Å². The maximum absolute atomic E-state index is 14.4. The van der Waals surface area contributed by atoms with Gasteiger partial charge in [0.15, 0.2) is 0 Å². The molecule has 91 heavy (non-hydrogen) atoms. The Morgan fingerprint density at radius 1 is 0.604 bits per heavy atom. The average molecular weight is 1310 g/mol. The molecule has 35 heteroatoms. The normalized spacial score (nSPS) is 16.0. The highest BCUT2D eigenvalue weighted by Crippen LogP contribution is 2.22. The Morgan fingerprint density at radius 2 is 1.10 bits per heavy atom. The van der Waals surface area contributed by atoms with E-state index in [1.807, 2.05) is 0 Å². The first-order chi connectivity index (χ1) is 42.6. The molecule has 0 bridgehead atoms. The summed E-state index contributed by atoms with van der Waals surface area (Å²) < 4.78 is 12.2. The van der Waals surface area contributed by atoms with Gasteiger partial charge in [0.1, 0.15) is 60.1 Å². The molecule has 1 fully saturated rings. The van der Waals surface area contributed by atoms with Crippen LogP contribution in [-0.4, -0.2) is 221 Å². The number of carboxylic acid groups (broad SMARTS) is 3. The van der Waals surface area contributed by atoms with Crippen molar-refractivity contribution in [2.75, 3.05) is 31.7 Å². The Kier molecular flexibility index (Phi) is 32.9. The molecule has 1 unspecified atom stereocenters. The number of carboxylic acids is 3. The number of aliphatic carboxylic acids is 3. The van der Waals surface area contributed by atoms with Gasteiger partial charge in [0.25, 0.3) is 5.91 Å². The molecule has 0 aliphatic carbocycles. The van der Waals surface area contributed by atoms with Gasteiger partial charge in [0.2, 0.25) is 70.8 Å². The number of aliphatic hydroxyl groups is 1. The van der Waals surface area contributed by atoms with Gasteiger partial charge in [-0.2, -0.15) is 0 Å². The van der Waals surface area contributed by atoms with Crippen molar-refractivity contribution < 1.29 is 106 Å². The lowest BCUT2D eigenvalue weighted by molar-refractivity contribution is -0.144. The quantitative estimate of drug-likeness (QED) is 0.0273. The molecular weight excluding hydrogens is 1220 g/mol. The summed E-state index contributed by atoms with van der Waals surface area (Å²) in [6.45, 7) is 6.99. The number of nitrogens with one attached hydrogen (secondary N) is 10. The minimum atomic E-state index is -1.97. The minimum Gasteiger partial charge on any atom is -0.508 e. The number of aliphatic hydroxyl groups excluding tert-OH is 1. The molecule has 506 valence electrons. The summed E-state index contributed by atoms with van der Waals surface area (Å²) in [6.07, 6.45) is -2.25. The number of hydrogen-bond donors (Lipinski definition) is 16. The van der Waals surface area contributed by atoms with E-state index in [1.54, 1.807) is 20.8 Å².